The molecular formula is C27H34FN3O2. The van der Waals surface area contributed by atoms with Crippen LogP contribution in [0.4, 0.5) is 10.1 Å². The number of nitrogens with zero attached hydrogens (tertiary/aromatic N) is 2. The largest absolute Gasteiger partial charge is 0.392 e. The summed E-state index contributed by atoms with van der Waals surface area (Å²) in [4.78, 5) is 17.1. The number of nitrogens with one attached hydrogen (secondary N) is 1. The normalized spacial score (nSPS) is 22.1. The average molecular weight is 452 g/mol. The third kappa shape index (κ3) is 4.84. The highest BCUT2D eigenvalue weighted by Gasteiger charge is 2.42. The van der Waals surface area contributed by atoms with E-state index in [2.05, 4.69) is 15.1 Å². The van der Waals surface area contributed by atoms with Crippen molar-refractivity contribution < 1.29 is 14.3 Å². The first kappa shape index (κ1) is 22.5. The number of ketones is 1. The fourth-order valence-corrected chi connectivity index (χ4v) is 5.91. The number of fused-ring (bicyclic) bond motifs is 2. The summed E-state index contributed by atoms with van der Waals surface area (Å²) in [5.74, 6) is 0.290. The van der Waals surface area contributed by atoms with Crippen molar-refractivity contribution in [2.75, 3.05) is 51.1 Å². The Balaban J connectivity index is 1.08. The monoisotopic (exact) mass is 451 g/mol. The van der Waals surface area contributed by atoms with Crippen LogP contribution in [-0.4, -0.2) is 72.6 Å². The zero-order chi connectivity index (χ0) is 22.8. The van der Waals surface area contributed by atoms with E-state index in [1.807, 2.05) is 36.4 Å². The lowest BCUT2D eigenvalue weighted by atomic mass is 9.74. The lowest BCUT2D eigenvalue weighted by Gasteiger charge is -2.41. The fraction of sp³-hybridized carbons (Fsp3) is 0.519. The molecule has 3 heterocycles. The summed E-state index contributed by atoms with van der Waals surface area (Å²) < 4.78 is 13.8. The van der Waals surface area contributed by atoms with Gasteiger partial charge in [-0.2, -0.15) is 0 Å². The molecular weight excluding hydrogens is 417 g/mol. The first-order valence-corrected chi connectivity index (χ1v) is 12.3. The third-order valence-corrected chi connectivity index (χ3v) is 8.07. The van der Waals surface area contributed by atoms with Crippen LogP contribution < -0.4 is 5.32 Å². The number of halogens is 1. The Bertz CT molecular complexity index is 967. The molecule has 3 aliphatic heterocycles. The number of anilines is 1. The number of piperidine rings is 2. The van der Waals surface area contributed by atoms with Crippen molar-refractivity contribution in [1.29, 1.82) is 0 Å². The van der Waals surface area contributed by atoms with Crippen molar-refractivity contribution in [3.63, 3.8) is 0 Å². The van der Waals surface area contributed by atoms with Crippen LogP contribution >= 0.6 is 0 Å². The minimum absolute atomic E-state index is 0.0233. The van der Waals surface area contributed by atoms with Crippen LogP contribution in [0.15, 0.2) is 48.5 Å². The Kier molecular flexibility index (Phi) is 6.50. The maximum Gasteiger partial charge on any atom is 0.176 e. The minimum atomic E-state index is -0.336. The molecule has 1 unspecified atom stereocenters. The predicted octanol–water partition coefficient (Wildman–Crippen LogP) is 3.54. The number of β-amino-alcohol motifs (C(OH)–C–C–N with tert-alkyl or cyclic N) is 1. The van der Waals surface area contributed by atoms with E-state index in [-0.39, 0.29) is 29.0 Å². The first-order chi connectivity index (χ1) is 16.0. The number of aliphatic hydroxyl groups is 1. The zero-order valence-electron chi connectivity index (χ0n) is 19.2. The van der Waals surface area contributed by atoms with Gasteiger partial charge in [-0.25, -0.2) is 4.39 Å². The number of rotatable bonds is 6. The van der Waals surface area contributed by atoms with Crippen molar-refractivity contribution in [1.82, 2.24) is 9.80 Å². The van der Waals surface area contributed by atoms with E-state index in [0.29, 0.717) is 13.1 Å². The van der Waals surface area contributed by atoms with Crippen molar-refractivity contribution in [2.45, 2.75) is 37.2 Å². The Morgan fingerprint density at radius 1 is 1.06 bits per heavy atom. The van der Waals surface area contributed by atoms with Gasteiger partial charge in [-0.05, 0) is 81.5 Å². The van der Waals surface area contributed by atoms with Gasteiger partial charge in [0.05, 0.1) is 12.6 Å². The minimum Gasteiger partial charge on any atom is -0.392 e. The summed E-state index contributed by atoms with van der Waals surface area (Å²) in [6.07, 6.45) is 3.50. The highest BCUT2D eigenvalue weighted by molar-refractivity contribution is 5.97. The predicted molar refractivity (Wildman–Crippen MR) is 128 cm³/mol. The Hall–Kier alpha value is -2.28. The molecule has 3 aliphatic rings. The van der Waals surface area contributed by atoms with E-state index in [9.17, 15) is 14.3 Å². The second-order valence-electron chi connectivity index (χ2n) is 10.1. The van der Waals surface area contributed by atoms with E-state index in [1.54, 1.807) is 6.07 Å². The second-order valence-corrected chi connectivity index (χ2v) is 10.1. The number of aliphatic hydroxyl groups excluding tert-OH is 1. The van der Waals surface area contributed by atoms with Crippen LogP contribution in [0.2, 0.25) is 0 Å². The Morgan fingerprint density at radius 3 is 2.52 bits per heavy atom. The topological polar surface area (TPSA) is 55.8 Å². The molecule has 0 aromatic heterocycles. The molecule has 2 aromatic carbocycles. The smallest absolute Gasteiger partial charge is 0.176 e. The molecule has 2 aromatic rings. The van der Waals surface area contributed by atoms with E-state index >= 15 is 0 Å². The highest BCUT2D eigenvalue weighted by Crippen LogP contribution is 2.44. The molecule has 2 fully saturated rings. The quantitative estimate of drug-likeness (QED) is 0.658. The molecule has 1 spiro atoms. The van der Waals surface area contributed by atoms with Gasteiger partial charge in [0.1, 0.15) is 5.82 Å². The summed E-state index contributed by atoms with van der Waals surface area (Å²) in [7, 11) is 0. The summed E-state index contributed by atoms with van der Waals surface area (Å²) in [6.45, 7) is 5.61. The highest BCUT2D eigenvalue weighted by atomic mass is 19.1. The average Bonchev–Trinajstić information content (AvgIpc) is 3.18. The molecule has 2 saturated heterocycles. The van der Waals surface area contributed by atoms with Gasteiger partial charge in [0, 0.05) is 29.8 Å². The molecule has 33 heavy (non-hydrogen) atoms. The molecule has 5 rings (SSSR count). The van der Waals surface area contributed by atoms with Gasteiger partial charge in [-0.3, -0.25) is 9.69 Å². The molecule has 0 amide bonds. The van der Waals surface area contributed by atoms with Gasteiger partial charge in [0.15, 0.2) is 5.78 Å². The van der Waals surface area contributed by atoms with E-state index < -0.39 is 0 Å². The van der Waals surface area contributed by atoms with Crippen LogP contribution in [0.25, 0.3) is 0 Å². The molecule has 0 aliphatic carbocycles. The summed E-state index contributed by atoms with van der Waals surface area (Å²) in [5, 5.41) is 14.4. The lowest BCUT2D eigenvalue weighted by molar-refractivity contribution is 0.0216. The maximum absolute atomic E-state index is 13.8. The molecule has 0 radical (unpaired) electrons. The van der Waals surface area contributed by atoms with Crippen LogP contribution in [0.5, 0.6) is 0 Å². The van der Waals surface area contributed by atoms with E-state index in [1.165, 1.54) is 6.07 Å². The summed E-state index contributed by atoms with van der Waals surface area (Å²) in [6, 6.07) is 14.6. The summed E-state index contributed by atoms with van der Waals surface area (Å²) >= 11 is 0. The Morgan fingerprint density at radius 2 is 1.79 bits per heavy atom. The standard InChI is InChI=1S/C27H34FN3O2/c28-22-6-7-24-23(16-22)27(19-29-24)10-14-31(15-11-27)18-26(33)21-8-12-30(13-9-21)17-25(32)20-4-2-1-3-5-20/h1-7,16,21,26,29,33H,8-15,17-19H2. The van der Waals surface area contributed by atoms with Gasteiger partial charge in [0.25, 0.3) is 0 Å². The third-order valence-electron chi connectivity index (χ3n) is 8.07. The van der Waals surface area contributed by atoms with E-state index in [0.717, 1.165) is 75.2 Å². The number of carbonyl (C=O) groups is 1. The lowest BCUT2D eigenvalue weighted by Crippen LogP contribution is -2.48. The molecule has 2 N–H and O–H groups in total. The number of hydrogen-bond donors (Lipinski definition) is 2. The molecule has 176 valence electrons. The molecule has 0 saturated carbocycles. The SMILES string of the molecule is O=C(CN1CCC(C(O)CN2CCC3(CC2)CNc2ccc(F)cc23)CC1)c1ccccc1. The number of likely N-dealkylation sites (tertiary alicyclic amines) is 2. The van der Waals surface area contributed by atoms with Gasteiger partial charge < -0.3 is 15.3 Å². The first-order valence-electron chi connectivity index (χ1n) is 12.3. The molecule has 5 nitrogen and oxygen atoms in total. The second kappa shape index (κ2) is 9.53. The van der Waals surface area contributed by atoms with Crippen molar-refractivity contribution >= 4 is 11.5 Å². The maximum atomic E-state index is 13.8. The summed E-state index contributed by atoms with van der Waals surface area (Å²) in [5.41, 5.74) is 2.99. The van der Waals surface area contributed by atoms with Gasteiger partial charge in [-0.15, -0.1) is 0 Å². The van der Waals surface area contributed by atoms with Crippen molar-refractivity contribution in [3.05, 3.63) is 65.5 Å². The van der Waals surface area contributed by atoms with Crippen LogP contribution in [0, 0.1) is 11.7 Å². The van der Waals surface area contributed by atoms with Crippen molar-refractivity contribution in [3.8, 4) is 0 Å². The van der Waals surface area contributed by atoms with Gasteiger partial charge >= 0.3 is 0 Å². The fourth-order valence-electron chi connectivity index (χ4n) is 5.91. The molecule has 0 bridgehead atoms. The number of benzene rings is 2. The van der Waals surface area contributed by atoms with Crippen LogP contribution in [-0.2, 0) is 5.41 Å². The number of carbonyl (C=O) groups excluding carboxylic acids is 1. The number of Topliss-reactive ketones (excluding diaryl/α,β-unsaturated/α-hetero) is 1. The zero-order valence-corrected chi connectivity index (χ0v) is 19.2. The van der Waals surface area contributed by atoms with Crippen molar-refractivity contribution in [2.24, 2.45) is 5.92 Å². The molecule has 1 atom stereocenters. The number of hydrogen-bond acceptors (Lipinski definition) is 5. The van der Waals surface area contributed by atoms with Gasteiger partial charge in [0.2, 0.25) is 0 Å². The Labute approximate surface area is 195 Å². The van der Waals surface area contributed by atoms with Crippen LogP contribution in [0.1, 0.15) is 41.6 Å². The van der Waals surface area contributed by atoms with Crippen LogP contribution in [0.3, 0.4) is 0 Å². The van der Waals surface area contributed by atoms with Gasteiger partial charge in [-0.1, -0.05) is 30.3 Å². The molecule has 6 heteroatoms. The van der Waals surface area contributed by atoms with E-state index in [4.69, 9.17) is 0 Å².